The largest absolute Gasteiger partial charge is 0.507 e. The topological polar surface area (TPSA) is 20.2 Å². The molecule has 0 amide bonds. The second-order valence-corrected chi connectivity index (χ2v) is 5.91. The first-order valence-electron chi connectivity index (χ1n) is 6.64. The summed E-state index contributed by atoms with van der Waals surface area (Å²) in [5, 5.41) is 10.0. The van der Waals surface area contributed by atoms with E-state index in [1.807, 2.05) is 26.0 Å². The van der Waals surface area contributed by atoms with Crippen molar-refractivity contribution in [2.75, 3.05) is 0 Å². The molecule has 0 aromatic heterocycles. The summed E-state index contributed by atoms with van der Waals surface area (Å²) in [4.78, 5) is 0. The Morgan fingerprint density at radius 2 is 1.74 bits per heavy atom. The summed E-state index contributed by atoms with van der Waals surface area (Å²) in [6.45, 7) is 3.88. The second kappa shape index (κ2) is 4.57. The number of fused-ring (bicyclic) bond motifs is 1. The van der Waals surface area contributed by atoms with Gasteiger partial charge in [0.25, 0.3) is 0 Å². The molecule has 1 atom stereocenters. The zero-order valence-electron chi connectivity index (χ0n) is 11.2. The van der Waals surface area contributed by atoms with E-state index in [0.717, 1.165) is 29.5 Å². The van der Waals surface area contributed by atoms with E-state index in [0.29, 0.717) is 5.75 Å². The number of rotatable bonds is 1. The number of aryl methyl sites for hydroxylation is 3. The number of phenolic OH excluding ortho intramolecular Hbond substituents is 1. The molecule has 0 fully saturated rings. The van der Waals surface area contributed by atoms with Crippen LogP contribution in [0.3, 0.4) is 0 Å². The molecule has 0 saturated carbocycles. The smallest absolute Gasteiger partial charge is 0.121 e. The van der Waals surface area contributed by atoms with Crippen LogP contribution in [-0.2, 0) is 6.42 Å². The van der Waals surface area contributed by atoms with Crippen LogP contribution in [0.5, 0.6) is 5.75 Å². The van der Waals surface area contributed by atoms with Crippen LogP contribution < -0.4 is 0 Å². The molecule has 1 aliphatic carbocycles. The summed E-state index contributed by atoms with van der Waals surface area (Å²) in [5.74, 6) is 0.394. The standard InChI is InChI=1S/C17H17ClO/c1-10-7-14(8-11(2)17(10)19)12-3-5-15-13(9-12)4-6-16(15)18/h3,5,7-9,16,19H,4,6H2,1-2H3. The van der Waals surface area contributed by atoms with Crippen LogP contribution in [0.25, 0.3) is 11.1 Å². The van der Waals surface area contributed by atoms with Gasteiger partial charge < -0.3 is 5.11 Å². The van der Waals surface area contributed by atoms with Gasteiger partial charge in [-0.05, 0) is 72.2 Å². The van der Waals surface area contributed by atoms with Gasteiger partial charge in [0.15, 0.2) is 0 Å². The number of benzene rings is 2. The fourth-order valence-electron chi connectivity index (χ4n) is 2.87. The van der Waals surface area contributed by atoms with E-state index in [2.05, 4.69) is 18.2 Å². The van der Waals surface area contributed by atoms with Crippen LogP contribution in [0.2, 0.25) is 0 Å². The van der Waals surface area contributed by atoms with Gasteiger partial charge in [-0.25, -0.2) is 0 Å². The third kappa shape index (κ3) is 2.12. The Labute approximate surface area is 118 Å². The van der Waals surface area contributed by atoms with Crippen LogP contribution in [0.15, 0.2) is 30.3 Å². The van der Waals surface area contributed by atoms with Gasteiger partial charge in [0.05, 0.1) is 5.38 Å². The minimum Gasteiger partial charge on any atom is -0.507 e. The highest BCUT2D eigenvalue weighted by atomic mass is 35.5. The maximum Gasteiger partial charge on any atom is 0.121 e. The van der Waals surface area contributed by atoms with E-state index in [1.54, 1.807) is 0 Å². The molecule has 1 unspecified atom stereocenters. The molecule has 1 N–H and O–H groups in total. The molecule has 2 aromatic carbocycles. The van der Waals surface area contributed by atoms with E-state index in [4.69, 9.17) is 11.6 Å². The average molecular weight is 273 g/mol. The van der Waals surface area contributed by atoms with Crippen LogP contribution >= 0.6 is 11.6 Å². The van der Waals surface area contributed by atoms with Crippen molar-refractivity contribution in [3.05, 3.63) is 52.6 Å². The lowest BCUT2D eigenvalue weighted by molar-refractivity contribution is 0.467. The van der Waals surface area contributed by atoms with E-state index < -0.39 is 0 Å². The van der Waals surface area contributed by atoms with Crippen molar-refractivity contribution in [3.8, 4) is 16.9 Å². The van der Waals surface area contributed by atoms with E-state index >= 15 is 0 Å². The van der Waals surface area contributed by atoms with Crippen LogP contribution in [0.4, 0.5) is 0 Å². The molecule has 1 nitrogen and oxygen atoms in total. The van der Waals surface area contributed by atoms with Crippen molar-refractivity contribution in [1.82, 2.24) is 0 Å². The fourth-order valence-corrected chi connectivity index (χ4v) is 3.19. The van der Waals surface area contributed by atoms with Gasteiger partial charge >= 0.3 is 0 Å². The zero-order valence-corrected chi connectivity index (χ0v) is 12.0. The van der Waals surface area contributed by atoms with Crippen molar-refractivity contribution in [2.24, 2.45) is 0 Å². The third-order valence-electron chi connectivity index (χ3n) is 3.97. The normalized spacial score (nSPS) is 17.5. The molecule has 98 valence electrons. The molecular weight excluding hydrogens is 256 g/mol. The van der Waals surface area contributed by atoms with Crippen LogP contribution in [-0.4, -0.2) is 5.11 Å². The summed E-state index contributed by atoms with van der Waals surface area (Å²) in [5.41, 5.74) is 6.85. The van der Waals surface area contributed by atoms with E-state index in [-0.39, 0.29) is 5.38 Å². The van der Waals surface area contributed by atoms with Gasteiger partial charge in [-0.2, -0.15) is 0 Å². The van der Waals surface area contributed by atoms with Gasteiger partial charge in [-0.3, -0.25) is 0 Å². The van der Waals surface area contributed by atoms with Crippen LogP contribution in [0.1, 0.15) is 34.1 Å². The Balaban J connectivity index is 2.08. The minimum absolute atomic E-state index is 0.173. The molecule has 1 aliphatic rings. The van der Waals surface area contributed by atoms with Crippen molar-refractivity contribution >= 4 is 11.6 Å². The van der Waals surface area contributed by atoms with Crippen molar-refractivity contribution in [1.29, 1.82) is 0 Å². The maximum atomic E-state index is 9.85. The lowest BCUT2D eigenvalue weighted by atomic mass is 9.97. The molecule has 0 saturated heterocycles. The van der Waals surface area contributed by atoms with Crippen LogP contribution in [0, 0.1) is 13.8 Å². The predicted octanol–water partition coefficient (Wildman–Crippen LogP) is 4.90. The molecular formula is C17H17ClO. The Kier molecular flexibility index (Phi) is 3.02. The molecule has 3 rings (SSSR count). The summed E-state index contributed by atoms with van der Waals surface area (Å²) >= 11 is 6.28. The number of phenols is 1. The number of alkyl halides is 1. The minimum atomic E-state index is 0.173. The SMILES string of the molecule is Cc1cc(-c2ccc3c(c2)CCC3Cl)cc(C)c1O. The monoisotopic (exact) mass is 272 g/mol. The average Bonchev–Trinajstić information content (AvgIpc) is 2.76. The molecule has 19 heavy (non-hydrogen) atoms. The molecule has 0 radical (unpaired) electrons. The predicted molar refractivity (Wildman–Crippen MR) is 79.9 cm³/mol. The highest BCUT2D eigenvalue weighted by Gasteiger charge is 2.20. The first-order chi connectivity index (χ1) is 9.06. The molecule has 2 aromatic rings. The number of hydrogen-bond donors (Lipinski definition) is 1. The van der Waals surface area contributed by atoms with Gasteiger partial charge in [0.1, 0.15) is 5.75 Å². The van der Waals surface area contributed by atoms with Gasteiger partial charge in [0, 0.05) is 0 Å². The zero-order chi connectivity index (χ0) is 13.6. The van der Waals surface area contributed by atoms with Crippen molar-refractivity contribution in [2.45, 2.75) is 32.1 Å². The highest BCUT2D eigenvalue weighted by molar-refractivity contribution is 6.21. The molecule has 0 bridgehead atoms. The van der Waals surface area contributed by atoms with Crippen molar-refractivity contribution < 1.29 is 5.11 Å². The van der Waals surface area contributed by atoms with E-state index in [1.165, 1.54) is 16.7 Å². The van der Waals surface area contributed by atoms with Crippen molar-refractivity contribution in [3.63, 3.8) is 0 Å². The quantitative estimate of drug-likeness (QED) is 0.732. The first-order valence-corrected chi connectivity index (χ1v) is 7.07. The summed E-state index contributed by atoms with van der Waals surface area (Å²) in [6, 6.07) is 10.6. The van der Waals surface area contributed by atoms with E-state index in [9.17, 15) is 5.11 Å². The number of halogens is 1. The number of aromatic hydroxyl groups is 1. The molecule has 2 heteroatoms. The highest BCUT2D eigenvalue weighted by Crippen LogP contribution is 2.38. The summed E-state index contributed by atoms with van der Waals surface area (Å²) in [7, 11) is 0. The first kappa shape index (κ1) is 12.6. The molecule has 0 aliphatic heterocycles. The maximum absolute atomic E-state index is 9.85. The van der Waals surface area contributed by atoms with Gasteiger partial charge in [-0.15, -0.1) is 11.6 Å². The Morgan fingerprint density at radius 3 is 2.42 bits per heavy atom. The lowest BCUT2D eigenvalue weighted by Crippen LogP contribution is -1.88. The fraction of sp³-hybridized carbons (Fsp3) is 0.294. The third-order valence-corrected chi connectivity index (χ3v) is 4.43. The lowest BCUT2D eigenvalue weighted by Gasteiger charge is -2.10. The second-order valence-electron chi connectivity index (χ2n) is 5.38. The Hall–Kier alpha value is -1.47. The summed E-state index contributed by atoms with van der Waals surface area (Å²) < 4.78 is 0. The molecule has 0 spiro atoms. The number of hydrogen-bond acceptors (Lipinski definition) is 1. The Morgan fingerprint density at radius 1 is 1.05 bits per heavy atom. The summed E-state index contributed by atoms with van der Waals surface area (Å²) in [6.07, 6.45) is 2.10. The van der Waals surface area contributed by atoms with Gasteiger partial charge in [0.2, 0.25) is 0 Å². The Bertz CT molecular complexity index is 623. The molecule has 0 heterocycles. The van der Waals surface area contributed by atoms with Gasteiger partial charge in [-0.1, -0.05) is 18.2 Å².